The Balaban J connectivity index is 2.72. The van der Waals surface area contributed by atoms with Crippen LogP contribution in [-0.2, 0) is 9.59 Å². The summed E-state index contributed by atoms with van der Waals surface area (Å²) in [4.78, 5) is 22.6. The van der Waals surface area contributed by atoms with Gasteiger partial charge in [0.1, 0.15) is 11.9 Å². The number of halogens is 2. The summed E-state index contributed by atoms with van der Waals surface area (Å²) in [5, 5.41) is 11.3. The predicted octanol–water partition coefficient (Wildman–Crippen LogP) is 2.72. The maximum absolute atomic E-state index is 12.9. The second-order valence-corrected chi connectivity index (χ2v) is 4.98. The van der Waals surface area contributed by atoms with Crippen molar-refractivity contribution >= 4 is 29.6 Å². The van der Waals surface area contributed by atoms with Crippen molar-refractivity contribution in [1.82, 2.24) is 5.32 Å². The molecular weight excluding hydrogens is 285 g/mol. The van der Waals surface area contributed by atoms with Gasteiger partial charge in [-0.15, -0.1) is 0 Å². The minimum Gasteiger partial charge on any atom is -0.480 e. The molecule has 1 aromatic rings. The van der Waals surface area contributed by atoms with Crippen LogP contribution in [0.2, 0.25) is 5.02 Å². The number of hydrogen-bond acceptors (Lipinski definition) is 2. The Bertz CT molecular complexity index is 543. The van der Waals surface area contributed by atoms with E-state index in [4.69, 9.17) is 16.7 Å². The van der Waals surface area contributed by atoms with Crippen molar-refractivity contribution in [1.29, 1.82) is 0 Å². The Morgan fingerprint density at radius 3 is 2.55 bits per heavy atom. The van der Waals surface area contributed by atoms with Crippen molar-refractivity contribution in [3.8, 4) is 0 Å². The summed E-state index contributed by atoms with van der Waals surface area (Å²) in [7, 11) is 0. The number of carbonyl (C=O) groups excluding carboxylic acids is 1. The van der Waals surface area contributed by atoms with Gasteiger partial charge in [-0.2, -0.15) is 0 Å². The smallest absolute Gasteiger partial charge is 0.326 e. The predicted molar refractivity (Wildman–Crippen MR) is 74.8 cm³/mol. The molecule has 0 aliphatic heterocycles. The quantitative estimate of drug-likeness (QED) is 0.822. The lowest BCUT2D eigenvalue weighted by molar-refractivity contribution is -0.142. The fraction of sp³-hybridized carbons (Fsp3) is 0.286. The molecule has 0 saturated heterocycles. The summed E-state index contributed by atoms with van der Waals surface area (Å²) < 4.78 is 12.9. The summed E-state index contributed by atoms with van der Waals surface area (Å²) in [5.74, 6) is -2.40. The summed E-state index contributed by atoms with van der Waals surface area (Å²) in [6.45, 7) is 3.39. The van der Waals surface area contributed by atoms with Crippen LogP contribution >= 0.6 is 11.6 Å². The van der Waals surface area contributed by atoms with Crippen LogP contribution in [0.1, 0.15) is 19.4 Å². The molecule has 20 heavy (non-hydrogen) atoms. The zero-order valence-electron chi connectivity index (χ0n) is 11.1. The largest absolute Gasteiger partial charge is 0.480 e. The Hall–Kier alpha value is -1.88. The van der Waals surface area contributed by atoms with Crippen LogP contribution in [0, 0.1) is 11.7 Å². The van der Waals surface area contributed by atoms with E-state index >= 15 is 0 Å². The second kappa shape index (κ2) is 7.05. The average molecular weight is 300 g/mol. The fourth-order valence-electron chi connectivity index (χ4n) is 1.50. The molecule has 6 heteroatoms. The lowest BCUT2D eigenvalue weighted by Crippen LogP contribution is -2.43. The van der Waals surface area contributed by atoms with Gasteiger partial charge in [-0.05, 0) is 29.7 Å². The summed E-state index contributed by atoms with van der Waals surface area (Å²) in [6, 6.07) is 3.07. The number of hydrogen-bond donors (Lipinski definition) is 2. The zero-order chi connectivity index (χ0) is 15.3. The average Bonchev–Trinajstić information content (AvgIpc) is 2.36. The van der Waals surface area contributed by atoms with E-state index in [0.29, 0.717) is 5.56 Å². The summed E-state index contributed by atoms with van der Waals surface area (Å²) in [5.41, 5.74) is 0.544. The Kier molecular flexibility index (Phi) is 5.70. The third-order valence-electron chi connectivity index (χ3n) is 2.60. The first kappa shape index (κ1) is 16.2. The number of nitrogens with one attached hydrogen (secondary N) is 1. The van der Waals surface area contributed by atoms with Crippen LogP contribution in [0.3, 0.4) is 0 Å². The molecule has 0 aliphatic carbocycles. The normalized spacial score (nSPS) is 12.7. The first-order chi connectivity index (χ1) is 9.31. The van der Waals surface area contributed by atoms with Gasteiger partial charge in [-0.3, -0.25) is 4.79 Å². The molecule has 0 aromatic heterocycles. The molecule has 0 heterocycles. The number of carboxylic acids is 1. The van der Waals surface area contributed by atoms with Crippen LogP contribution in [0.25, 0.3) is 6.08 Å². The van der Waals surface area contributed by atoms with Gasteiger partial charge in [0.15, 0.2) is 0 Å². The van der Waals surface area contributed by atoms with Crippen molar-refractivity contribution in [2.24, 2.45) is 5.92 Å². The van der Waals surface area contributed by atoms with Gasteiger partial charge in [-0.1, -0.05) is 31.5 Å². The standard InChI is InChI=1S/C14H15ClFNO3/c1-8(2)13(14(19)20)17-12(18)6-4-9-3-5-11(16)10(15)7-9/h3-8,13H,1-2H3,(H,17,18)(H,19,20)/b6-4+/t13-/m0/s1. The fourth-order valence-corrected chi connectivity index (χ4v) is 1.69. The second-order valence-electron chi connectivity index (χ2n) is 4.58. The number of carboxylic acid groups (broad SMARTS) is 1. The lowest BCUT2D eigenvalue weighted by atomic mass is 10.0. The van der Waals surface area contributed by atoms with E-state index in [1.165, 1.54) is 30.4 Å². The Labute approximate surface area is 121 Å². The molecule has 2 N–H and O–H groups in total. The molecule has 0 radical (unpaired) electrons. The number of benzene rings is 1. The van der Waals surface area contributed by atoms with E-state index in [-0.39, 0.29) is 10.9 Å². The van der Waals surface area contributed by atoms with Crippen molar-refractivity contribution in [3.05, 3.63) is 40.7 Å². The third kappa shape index (κ3) is 4.66. The minimum atomic E-state index is -1.09. The molecule has 1 rings (SSSR count). The number of aliphatic carboxylic acids is 1. The first-order valence-electron chi connectivity index (χ1n) is 5.97. The number of rotatable bonds is 5. The zero-order valence-corrected chi connectivity index (χ0v) is 11.8. The van der Waals surface area contributed by atoms with E-state index in [1.807, 2.05) is 0 Å². The highest BCUT2D eigenvalue weighted by Crippen LogP contribution is 2.16. The third-order valence-corrected chi connectivity index (χ3v) is 2.89. The molecule has 1 aromatic carbocycles. The molecule has 1 amide bonds. The monoisotopic (exact) mass is 299 g/mol. The van der Waals surface area contributed by atoms with E-state index in [0.717, 1.165) is 0 Å². The van der Waals surface area contributed by atoms with Gasteiger partial charge >= 0.3 is 5.97 Å². The first-order valence-corrected chi connectivity index (χ1v) is 6.35. The van der Waals surface area contributed by atoms with E-state index in [2.05, 4.69) is 5.32 Å². The molecule has 4 nitrogen and oxygen atoms in total. The molecule has 0 saturated carbocycles. The van der Waals surface area contributed by atoms with Crippen LogP contribution in [0.4, 0.5) is 4.39 Å². The Morgan fingerprint density at radius 1 is 1.40 bits per heavy atom. The van der Waals surface area contributed by atoms with Gasteiger partial charge < -0.3 is 10.4 Å². The van der Waals surface area contributed by atoms with E-state index < -0.39 is 23.7 Å². The highest BCUT2D eigenvalue weighted by Gasteiger charge is 2.22. The van der Waals surface area contributed by atoms with E-state index in [9.17, 15) is 14.0 Å². The van der Waals surface area contributed by atoms with Crippen LogP contribution < -0.4 is 5.32 Å². The van der Waals surface area contributed by atoms with Gasteiger partial charge in [0.25, 0.3) is 0 Å². The van der Waals surface area contributed by atoms with Crippen LogP contribution in [0.5, 0.6) is 0 Å². The number of carbonyl (C=O) groups is 2. The minimum absolute atomic E-state index is 0.0434. The number of amides is 1. The molecule has 1 atom stereocenters. The summed E-state index contributed by atoms with van der Waals surface area (Å²) >= 11 is 5.61. The van der Waals surface area contributed by atoms with Crippen molar-refractivity contribution in [2.75, 3.05) is 0 Å². The highest BCUT2D eigenvalue weighted by molar-refractivity contribution is 6.30. The van der Waals surface area contributed by atoms with Crippen LogP contribution in [0.15, 0.2) is 24.3 Å². The SMILES string of the molecule is CC(C)[C@H](NC(=O)/C=C/c1ccc(F)c(Cl)c1)C(=O)O. The van der Waals surface area contributed by atoms with Crippen molar-refractivity contribution in [2.45, 2.75) is 19.9 Å². The van der Waals surface area contributed by atoms with Crippen molar-refractivity contribution in [3.63, 3.8) is 0 Å². The molecule has 0 bridgehead atoms. The van der Waals surface area contributed by atoms with Gasteiger partial charge in [0.05, 0.1) is 5.02 Å². The lowest BCUT2D eigenvalue weighted by Gasteiger charge is -2.16. The molecule has 108 valence electrons. The Morgan fingerprint density at radius 2 is 2.05 bits per heavy atom. The molecule has 0 fully saturated rings. The van der Waals surface area contributed by atoms with Crippen LogP contribution in [-0.4, -0.2) is 23.0 Å². The maximum Gasteiger partial charge on any atom is 0.326 e. The van der Waals surface area contributed by atoms with Gasteiger partial charge in [0.2, 0.25) is 5.91 Å². The molecule has 0 aliphatic rings. The maximum atomic E-state index is 12.9. The molecule has 0 spiro atoms. The molecule has 0 unspecified atom stereocenters. The topological polar surface area (TPSA) is 66.4 Å². The van der Waals surface area contributed by atoms with Gasteiger partial charge in [-0.25, -0.2) is 9.18 Å². The van der Waals surface area contributed by atoms with Gasteiger partial charge in [0, 0.05) is 6.08 Å². The van der Waals surface area contributed by atoms with E-state index in [1.54, 1.807) is 13.8 Å². The van der Waals surface area contributed by atoms with Crippen molar-refractivity contribution < 1.29 is 19.1 Å². The summed E-state index contributed by atoms with van der Waals surface area (Å²) in [6.07, 6.45) is 2.61. The molecular formula is C14H15ClFNO3. The highest BCUT2D eigenvalue weighted by atomic mass is 35.5.